The van der Waals surface area contributed by atoms with Crippen molar-refractivity contribution >= 4 is 11.3 Å². The largest absolute Gasteiger partial charge is 0.494 e. The molecule has 8 heteroatoms. The average Bonchev–Trinajstić information content (AvgIpc) is 3.49. The summed E-state index contributed by atoms with van der Waals surface area (Å²) in [4.78, 5) is 8.69. The first-order valence-corrected chi connectivity index (χ1v) is 11.2. The van der Waals surface area contributed by atoms with Crippen molar-refractivity contribution in [2.24, 2.45) is 0 Å². The minimum atomic E-state index is 0.612. The average molecular weight is 446 g/mol. The third kappa shape index (κ3) is 5.50. The highest BCUT2D eigenvalue weighted by Gasteiger charge is 2.13. The van der Waals surface area contributed by atoms with Crippen LogP contribution in [0.3, 0.4) is 0 Å². The molecule has 0 radical (unpaired) electrons. The Morgan fingerprint density at radius 2 is 1.78 bits per heavy atom. The van der Waals surface area contributed by atoms with Crippen molar-refractivity contribution in [3.63, 3.8) is 0 Å². The molecule has 0 spiro atoms. The number of unbranched alkanes of at least 4 members (excludes halogenated alkanes) is 2. The number of nitrogens with zero attached hydrogens (tertiary/aromatic N) is 5. The number of aromatic nitrogens is 4. The van der Waals surface area contributed by atoms with E-state index < -0.39 is 0 Å². The third-order valence-electron chi connectivity index (χ3n) is 4.76. The van der Waals surface area contributed by atoms with Gasteiger partial charge in [0, 0.05) is 5.56 Å². The molecular formula is C24H23N5O2S. The molecule has 0 aliphatic rings. The number of rotatable bonds is 10. The van der Waals surface area contributed by atoms with Crippen LogP contribution in [0.1, 0.15) is 29.8 Å². The van der Waals surface area contributed by atoms with Crippen LogP contribution in [-0.2, 0) is 0 Å². The lowest BCUT2D eigenvalue weighted by molar-refractivity contribution is 0.279. The Kier molecular flexibility index (Phi) is 7.10. The second kappa shape index (κ2) is 10.6. The molecule has 0 saturated heterocycles. The molecule has 7 nitrogen and oxygen atoms in total. The van der Waals surface area contributed by atoms with Gasteiger partial charge in [0.25, 0.3) is 0 Å². The van der Waals surface area contributed by atoms with Gasteiger partial charge in [-0.15, -0.1) is 0 Å². The zero-order chi connectivity index (χ0) is 22.2. The number of hydrogen-bond donors (Lipinski definition) is 0. The molecule has 4 rings (SSSR count). The van der Waals surface area contributed by atoms with Crippen molar-refractivity contribution in [1.29, 1.82) is 5.26 Å². The van der Waals surface area contributed by atoms with Crippen LogP contribution in [0, 0.1) is 18.3 Å². The molecule has 2 aromatic carbocycles. The summed E-state index contributed by atoms with van der Waals surface area (Å²) >= 11 is 1.59. The number of aryl methyl sites for hydroxylation is 1. The van der Waals surface area contributed by atoms with E-state index in [9.17, 15) is 0 Å². The fourth-order valence-corrected chi connectivity index (χ4v) is 4.06. The van der Waals surface area contributed by atoms with Crippen molar-refractivity contribution in [3.8, 4) is 33.8 Å². The van der Waals surface area contributed by atoms with E-state index in [-0.39, 0.29) is 0 Å². The number of ether oxygens (including phenoxy) is 2. The first-order valence-electron chi connectivity index (χ1n) is 10.4. The van der Waals surface area contributed by atoms with E-state index in [1.54, 1.807) is 34.5 Å². The summed E-state index contributed by atoms with van der Waals surface area (Å²) in [5.41, 5.74) is 2.52. The van der Waals surface area contributed by atoms with Gasteiger partial charge in [0.2, 0.25) is 0 Å². The summed E-state index contributed by atoms with van der Waals surface area (Å²) in [6.07, 6.45) is 6.10. The number of thiazole rings is 1. The molecule has 0 bridgehead atoms. The van der Waals surface area contributed by atoms with Gasteiger partial charge in [-0.2, -0.15) is 10.4 Å². The zero-order valence-corrected chi connectivity index (χ0v) is 18.6. The minimum absolute atomic E-state index is 0.612. The maximum Gasteiger partial charge on any atom is 0.147 e. The van der Waals surface area contributed by atoms with Crippen LogP contribution in [0.2, 0.25) is 0 Å². The fourth-order valence-electron chi connectivity index (χ4n) is 3.20. The monoisotopic (exact) mass is 445 g/mol. The molecule has 0 unspecified atom stereocenters. The Morgan fingerprint density at radius 1 is 1.00 bits per heavy atom. The van der Waals surface area contributed by atoms with Crippen molar-refractivity contribution in [2.45, 2.75) is 26.2 Å². The van der Waals surface area contributed by atoms with Gasteiger partial charge in [-0.05, 0) is 68.7 Å². The summed E-state index contributed by atoms with van der Waals surface area (Å²) < 4.78 is 13.3. The smallest absolute Gasteiger partial charge is 0.147 e. The van der Waals surface area contributed by atoms with E-state index in [1.807, 2.05) is 43.3 Å². The molecule has 0 aliphatic heterocycles. The van der Waals surface area contributed by atoms with Crippen LogP contribution in [-0.4, -0.2) is 33.0 Å². The van der Waals surface area contributed by atoms with Crippen molar-refractivity contribution in [3.05, 3.63) is 71.8 Å². The van der Waals surface area contributed by atoms with Gasteiger partial charge in [0.05, 0.1) is 29.9 Å². The summed E-state index contributed by atoms with van der Waals surface area (Å²) in [7, 11) is 0. The second-order valence-electron chi connectivity index (χ2n) is 7.15. The molecule has 32 heavy (non-hydrogen) atoms. The Morgan fingerprint density at radius 3 is 2.50 bits per heavy atom. The van der Waals surface area contributed by atoms with Crippen LogP contribution < -0.4 is 9.47 Å². The predicted molar refractivity (Wildman–Crippen MR) is 123 cm³/mol. The van der Waals surface area contributed by atoms with Crippen LogP contribution in [0.4, 0.5) is 0 Å². The van der Waals surface area contributed by atoms with Crippen LogP contribution >= 0.6 is 11.3 Å². The minimum Gasteiger partial charge on any atom is -0.494 e. The highest BCUT2D eigenvalue weighted by molar-refractivity contribution is 7.14. The first kappa shape index (κ1) is 21.5. The Hall–Kier alpha value is -3.70. The highest BCUT2D eigenvalue weighted by atomic mass is 32.1. The molecule has 0 N–H and O–H groups in total. The number of nitriles is 1. The third-order valence-corrected chi connectivity index (χ3v) is 5.72. The molecule has 0 atom stereocenters. The van der Waals surface area contributed by atoms with Crippen molar-refractivity contribution in [2.75, 3.05) is 13.2 Å². The fraction of sp³-hybridized carbons (Fsp3) is 0.250. The predicted octanol–water partition coefficient (Wildman–Crippen LogP) is 5.20. The van der Waals surface area contributed by atoms with E-state index in [0.717, 1.165) is 52.0 Å². The normalized spacial score (nSPS) is 10.6. The Balaban J connectivity index is 1.21. The maximum atomic E-state index is 8.92. The van der Waals surface area contributed by atoms with Crippen molar-refractivity contribution in [1.82, 2.24) is 19.7 Å². The Bertz CT molecular complexity index is 1180. The summed E-state index contributed by atoms with van der Waals surface area (Å²) in [5, 5.41) is 15.1. The van der Waals surface area contributed by atoms with Gasteiger partial charge in [-0.25, -0.2) is 14.6 Å². The standard InChI is InChI=1S/C24H23N5O2S/c1-18-28-23(24(32-18)29-17-26-16-27-29)20-8-10-21(11-9-20)30-12-3-2-4-13-31-22-7-5-6-19(14-22)15-25/h5-11,14,16-17H,2-4,12-13H2,1H3. The molecule has 0 saturated carbocycles. The number of benzene rings is 2. The highest BCUT2D eigenvalue weighted by Crippen LogP contribution is 2.31. The SMILES string of the molecule is Cc1nc(-c2ccc(OCCCCCOc3cccc(C#N)c3)cc2)c(-n2cncn2)s1. The van der Waals surface area contributed by atoms with Gasteiger partial charge in [-0.3, -0.25) is 0 Å². The molecule has 0 fully saturated rings. The first-order chi connectivity index (χ1) is 15.7. The molecular weight excluding hydrogens is 422 g/mol. The van der Waals surface area contributed by atoms with Crippen LogP contribution in [0.25, 0.3) is 16.3 Å². The molecule has 2 aromatic heterocycles. The zero-order valence-electron chi connectivity index (χ0n) is 17.8. The van der Waals surface area contributed by atoms with E-state index in [2.05, 4.69) is 21.1 Å². The van der Waals surface area contributed by atoms with Crippen molar-refractivity contribution < 1.29 is 9.47 Å². The molecule has 0 amide bonds. The van der Waals surface area contributed by atoms with Gasteiger partial charge in [-0.1, -0.05) is 17.4 Å². The van der Waals surface area contributed by atoms with Gasteiger partial charge >= 0.3 is 0 Å². The summed E-state index contributed by atoms with van der Waals surface area (Å²) in [6, 6.07) is 17.3. The molecule has 162 valence electrons. The summed E-state index contributed by atoms with van der Waals surface area (Å²) in [6.45, 7) is 3.27. The van der Waals surface area contributed by atoms with Gasteiger partial charge in [0.15, 0.2) is 0 Å². The van der Waals surface area contributed by atoms with E-state index in [1.165, 1.54) is 6.33 Å². The van der Waals surface area contributed by atoms with Gasteiger partial charge < -0.3 is 9.47 Å². The Labute approximate surface area is 190 Å². The van der Waals surface area contributed by atoms with E-state index in [4.69, 9.17) is 14.7 Å². The lowest BCUT2D eigenvalue weighted by Crippen LogP contribution is -2.01. The maximum absolute atomic E-state index is 8.92. The lowest BCUT2D eigenvalue weighted by atomic mass is 10.1. The molecule has 2 heterocycles. The van der Waals surface area contributed by atoms with Gasteiger partial charge in [0.1, 0.15) is 34.8 Å². The quantitative estimate of drug-likeness (QED) is 0.312. The van der Waals surface area contributed by atoms with E-state index in [0.29, 0.717) is 18.8 Å². The van der Waals surface area contributed by atoms with Crippen LogP contribution in [0.15, 0.2) is 61.2 Å². The molecule has 4 aromatic rings. The molecule has 0 aliphatic carbocycles. The number of hydrogen-bond acceptors (Lipinski definition) is 7. The summed E-state index contributed by atoms with van der Waals surface area (Å²) in [5.74, 6) is 1.58. The second-order valence-corrected chi connectivity index (χ2v) is 8.33. The topological polar surface area (TPSA) is 85.9 Å². The van der Waals surface area contributed by atoms with E-state index >= 15 is 0 Å². The van der Waals surface area contributed by atoms with Crippen LogP contribution in [0.5, 0.6) is 11.5 Å². The lowest BCUT2D eigenvalue weighted by Gasteiger charge is -2.08.